The van der Waals surface area contributed by atoms with Crippen LogP contribution in [-0.4, -0.2) is 16.6 Å². The van der Waals surface area contributed by atoms with Crippen molar-refractivity contribution in [3.63, 3.8) is 0 Å². The Kier molecular flexibility index (Phi) is 3.48. The van der Waals surface area contributed by atoms with Gasteiger partial charge in [0.1, 0.15) is 11.4 Å². The lowest BCUT2D eigenvalue weighted by Crippen LogP contribution is -2.23. The molecule has 7 heteroatoms. The van der Waals surface area contributed by atoms with Crippen LogP contribution in [0.25, 0.3) is 27.6 Å². The zero-order chi connectivity index (χ0) is 16.8. The third-order valence-electron chi connectivity index (χ3n) is 3.85. The Hall–Kier alpha value is -2.50. The van der Waals surface area contributed by atoms with Crippen LogP contribution in [0.3, 0.4) is 0 Å². The highest BCUT2D eigenvalue weighted by atomic mass is 35.5. The highest BCUT2D eigenvalue weighted by Gasteiger charge is 2.18. The minimum atomic E-state index is -0.434. The van der Waals surface area contributed by atoms with Gasteiger partial charge in [0.25, 0.3) is 0 Å². The molecule has 2 aromatic heterocycles. The van der Waals surface area contributed by atoms with E-state index in [9.17, 15) is 4.79 Å². The molecule has 0 spiro atoms. The number of benzene rings is 2. The molecule has 4 aromatic rings. The van der Waals surface area contributed by atoms with E-state index in [-0.39, 0.29) is 0 Å². The standard InChI is InChI=1S/C17H11Cl2N3O2/c1-20-16-14-13(8-12(19)11-5-6-24-15(11)14)22(17(23)21-16)10-4-2-3-9(18)7-10/h2-8H,1H3,(H,20,21,23). The van der Waals surface area contributed by atoms with Crippen molar-refractivity contribution in [1.29, 1.82) is 0 Å². The van der Waals surface area contributed by atoms with Gasteiger partial charge in [-0.25, -0.2) is 4.79 Å². The van der Waals surface area contributed by atoms with E-state index in [1.54, 1.807) is 49.7 Å². The number of rotatable bonds is 2. The van der Waals surface area contributed by atoms with Gasteiger partial charge in [-0.1, -0.05) is 29.3 Å². The maximum absolute atomic E-state index is 12.6. The Balaban J connectivity index is 2.24. The smallest absolute Gasteiger partial charge is 0.354 e. The molecular weight excluding hydrogens is 349 g/mol. The molecule has 4 rings (SSSR count). The lowest BCUT2D eigenvalue weighted by Gasteiger charge is -2.13. The molecule has 0 aliphatic rings. The van der Waals surface area contributed by atoms with Gasteiger partial charge in [0.2, 0.25) is 0 Å². The van der Waals surface area contributed by atoms with Gasteiger partial charge in [-0.2, -0.15) is 4.98 Å². The summed E-state index contributed by atoms with van der Waals surface area (Å²) in [6.45, 7) is 0. The second-order valence-electron chi connectivity index (χ2n) is 5.22. The van der Waals surface area contributed by atoms with Crippen molar-refractivity contribution in [2.45, 2.75) is 0 Å². The van der Waals surface area contributed by atoms with Crippen LogP contribution < -0.4 is 11.0 Å². The maximum atomic E-state index is 12.6. The van der Waals surface area contributed by atoms with E-state index in [1.807, 2.05) is 0 Å². The van der Waals surface area contributed by atoms with Gasteiger partial charge in [0.15, 0.2) is 0 Å². The van der Waals surface area contributed by atoms with E-state index < -0.39 is 5.69 Å². The van der Waals surface area contributed by atoms with Crippen LogP contribution in [0.4, 0.5) is 5.82 Å². The van der Waals surface area contributed by atoms with Crippen LogP contribution in [0.15, 0.2) is 51.9 Å². The van der Waals surface area contributed by atoms with Crippen molar-refractivity contribution in [3.8, 4) is 5.69 Å². The van der Waals surface area contributed by atoms with Crippen LogP contribution in [0.1, 0.15) is 0 Å². The largest absolute Gasteiger partial charge is 0.463 e. The molecule has 2 heterocycles. The number of nitrogens with one attached hydrogen (secondary N) is 1. The monoisotopic (exact) mass is 359 g/mol. The Labute approximate surface area is 146 Å². The number of halogens is 2. The summed E-state index contributed by atoms with van der Waals surface area (Å²) in [7, 11) is 1.70. The molecule has 1 N–H and O–H groups in total. The van der Waals surface area contributed by atoms with Crippen molar-refractivity contribution in [1.82, 2.24) is 9.55 Å². The van der Waals surface area contributed by atoms with E-state index in [1.165, 1.54) is 4.57 Å². The maximum Gasteiger partial charge on any atom is 0.354 e. The molecule has 0 aliphatic carbocycles. The number of furan rings is 1. The Morgan fingerprint density at radius 3 is 2.79 bits per heavy atom. The average Bonchev–Trinajstić information content (AvgIpc) is 3.04. The fourth-order valence-electron chi connectivity index (χ4n) is 2.83. The fourth-order valence-corrected chi connectivity index (χ4v) is 3.27. The van der Waals surface area contributed by atoms with E-state index in [2.05, 4.69) is 10.3 Å². The fraction of sp³-hybridized carbons (Fsp3) is 0.0588. The predicted molar refractivity (Wildman–Crippen MR) is 96.7 cm³/mol. The van der Waals surface area contributed by atoms with Gasteiger partial charge < -0.3 is 9.73 Å². The van der Waals surface area contributed by atoms with Crippen LogP contribution >= 0.6 is 23.2 Å². The number of hydrogen-bond donors (Lipinski definition) is 1. The molecular formula is C17H11Cl2N3O2. The first-order chi connectivity index (χ1) is 11.6. The highest BCUT2D eigenvalue weighted by Crippen LogP contribution is 2.35. The van der Waals surface area contributed by atoms with Gasteiger partial charge in [0, 0.05) is 17.5 Å². The van der Waals surface area contributed by atoms with Crippen molar-refractivity contribution in [2.75, 3.05) is 12.4 Å². The molecule has 24 heavy (non-hydrogen) atoms. The number of nitrogens with zero attached hydrogens (tertiary/aromatic N) is 2. The van der Waals surface area contributed by atoms with Gasteiger partial charge in [-0.05, 0) is 30.3 Å². The van der Waals surface area contributed by atoms with Crippen molar-refractivity contribution >= 4 is 50.9 Å². The van der Waals surface area contributed by atoms with Crippen LogP contribution in [0.5, 0.6) is 0 Å². The first-order valence-electron chi connectivity index (χ1n) is 7.16. The molecule has 5 nitrogen and oxygen atoms in total. The predicted octanol–water partition coefficient (Wildman–Crippen LogP) is 4.48. The van der Waals surface area contributed by atoms with E-state index in [0.29, 0.717) is 38.0 Å². The Bertz CT molecular complexity index is 1150. The first kappa shape index (κ1) is 15.1. The van der Waals surface area contributed by atoms with Crippen LogP contribution in [0, 0.1) is 0 Å². The van der Waals surface area contributed by atoms with Crippen molar-refractivity contribution in [3.05, 3.63) is 63.2 Å². The topological polar surface area (TPSA) is 60.1 Å². The zero-order valence-electron chi connectivity index (χ0n) is 12.5. The molecule has 0 amide bonds. The van der Waals surface area contributed by atoms with Gasteiger partial charge in [-0.15, -0.1) is 0 Å². The summed E-state index contributed by atoms with van der Waals surface area (Å²) < 4.78 is 7.07. The lowest BCUT2D eigenvalue weighted by molar-refractivity contribution is 0.619. The quantitative estimate of drug-likeness (QED) is 0.573. The average molecular weight is 360 g/mol. The van der Waals surface area contributed by atoms with E-state index in [0.717, 1.165) is 5.39 Å². The molecule has 0 unspecified atom stereocenters. The van der Waals surface area contributed by atoms with E-state index >= 15 is 0 Å². The number of hydrogen-bond acceptors (Lipinski definition) is 4. The van der Waals surface area contributed by atoms with Gasteiger partial charge in [0.05, 0.1) is 27.9 Å². The molecule has 0 bridgehead atoms. The summed E-state index contributed by atoms with van der Waals surface area (Å²) >= 11 is 12.4. The summed E-state index contributed by atoms with van der Waals surface area (Å²) in [6, 6.07) is 10.5. The lowest BCUT2D eigenvalue weighted by atomic mass is 10.1. The van der Waals surface area contributed by atoms with Crippen molar-refractivity contribution < 1.29 is 4.42 Å². The molecule has 2 aromatic carbocycles. The summed E-state index contributed by atoms with van der Waals surface area (Å²) in [5, 5.41) is 5.41. The normalized spacial score (nSPS) is 11.3. The summed E-state index contributed by atoms with van der Waals surface area (Å²) in [4.78, 5) is 16.7. The zero-order valence-corrected chi connectivity index (χ0v) is 14.0. The minimum absolute atomic E-state index is 0.434. The third-order valence-corrected chi connectivity index (χ3v) is 4.40. The molecule has 0 fully saturated rings. The molecule has 0 atom stereocenters. The van der Waals surface area contributed by atoms with Gasteiger partial charge in [-0.3, -0.25) is 4.57 Å². The molecule has 0 saturated carbocycles. The van der Waals surface area contributed by atoms with Crippen molar-refractivity contribution in [2.24, 2.45) is 0 Å². The van der Waals surface area contributed by atoms with E-state index in [4.69, 9.17) is 27.6 Å². The Morgan fingerprint density at radius 1 is 1.21 bits per heavy atom. The SMILES string of the molecule is CNc1nc(=O)n(-c2cccc(Cl)c2)c2cc(Cl)c3ccoc3c12. The minimum Gasteiger partial charge on any atom is -0.463 e. The number of fused-ring (bicyclic) bond motifs is 3. The Morgan fingerprint density at radius 2 is 2.04 bits per heavy atom. The summed E-state index contributed by atoms with van der Waals surface area (Å²) in [5.41, 5.74) is 1.34. The highest BCUT2D eigenvalue weighted by molar-refractivity contribution is 6.37. The third kappa shape index (κ3) is 2.17. The number of aromatic nitrogens is 2. The molecule has 0 radical (unpaired) electrons. The summed E-state index contributed by atoms with van der Waals surface area (Å²) in [6.07, 6.45) is 1.56. The molecule has 120 valence electrons. The summed E-state index contributed by atoms with van der Waals surface area (Å²) in [5.74, 6) is 0.435. The second-order valence-corrected chi connectivity index (χ2v) is 6.07. The van der Waals surface area contributed by atoms with Gasteiger partial charge >= 0.3 is 5.69 Å². The first-order valence-corrected chi connectivity index (χ1v) is 7.92. The second kappa shape index (κ2) is 5.54. The van der Waals surface area contributed by atoms with Crippen LogP contribution in [0.2, 0.25) is 10.0 Å². The molecule has 0 aliphatic heterocycles. The molecule has 0 saturated heterocycles. The van der Waals surface area contributed by atoms with Crippen LogP contribution in [-0.2, 0) is 0 Å². The number of anilines is 1.